The van der Waals surface area contributed by atoms with Gasteiger partial charge in [0.25, 0.3) is 0 Å². The van der Waals surface area contributed by atoms with Gasteiger partial charge in [-0.3, -0.25) is 0 Å². The summed E-state index contributed by atoms with van der Waals surface area (Å²) in [6.45, 7) is 22.1. The Morgan fingerprint density at radius 2 is 0.541 bits per heavy atom. The number of hydrogen-bond donors (Lipinski definition) is 5. The van der Waals surface area contributed by atoms with E-state index >= 15 is 0 Å². The molecule has 0 spiro atoms. The topological polar surface area (TPSA) is 502 Å². The maximum atomic E-state index is 9.96. The van der Waals surface area contributed by atoms with Crippen LogP contribution in [0.25, 0.3) is 0 Å². The minimum Gasteiger partial charge on any atom is -0.412 e. The normalized spacial score (nSPS) is 9.76. The van der Waals surface area contributed by atoms with Gasteiger partial charge < -0.3 is 52.5 Å². The monoisotopic (exact) mass is 2100 g/mol. The molecule has 7 atom stereocenters. The molecule has 0 heterocycles. The van der Waals surface area contributed by atoms with Crippen molar-refractivity contribution < 1.29 is 159 Å². The molecule has 0 rings (SSSR count). The van der Waals surface area contributed by atoms with Crippen LogP contribution >= 0.6 is 0 Å². The summed E-state index contributed by atoms with van der Waals surface area (Å²) < 4.78 is 126. The van der Waals surface area contributed by atoms with Gasteiger partial charge in [-0.25, -0.2) is 0 Å². The minimum atomic E-state index is -2.79. The molecule has 0 saturated heterocycles. The molecule has 6 radical (unpaired) electrons. The Kier molecular flexibility index (Phi) is 527. The van der Waals surface area contributed by atoms with Crippen LogP contribution in [0.3, 0.4) is 0 Å². The van der Waals surface area contributed by atoms with Gasteiger partial charge in [0.15, 0.2) is 0 Å². The van der Waals surface area contributed by atoms with Gasteiger partial charge in [0, 0.05) is 14.2 Å². The second-order valence-electron chi connectivity index (χ2n) is 17.9. The van der Waals surface area contributed by atoms with Crippen LogP contribution in [-0.2, 0) is 100 Å². The fraction of sp³-hybridized carbons (Fsp3) is 1.00. The molecule has 34 nitrogen and oxygen atoms in total. The minimum absolute atomic E-state index is 0. The van der Waals surface area contributed by atoms with E-state index in [-0.39, 0.29) is 362 Å². The molecular formula is C84H254Ge4O34. The van der Waals surface area contributed by atoms with Gasteiger partial charge in [0.1, 0.15) is 0 Å². The van der Waals surface area contributed by atoms with Crippen LogP contribution in [0.4, 0.5) is 0 Å². The Morgan fingerprint density at radius 3 is 0.918 bits per heavy atom. The van der Waals surface area contributed by atoms with Crippen molar-refractivity contribution in [1.82, 2.24) is 0 Å². The van der Waals surface area contributed by atoms with Crippen LogP contribution in [0.1, 0.15) is 294 Å². The zero-order valence-electron chi connectivity index (χ0n) is 53.4. The number of methoxy groups -OCH3 is 2. The molecule has 0 aromatic rings. The number of aliphatic hydroxyl groups excluding tert-OH is 5. The summed E-state index contributed by atoms with van der Waals surface area (Å²) in [5.74, 6) is 2.26. The summed E-state index contributed by atoms with van der Waals surface area (Å²) in [7, 11) is 3.26. The third-order valence-corrected chi connectivity index (χ3v) is 22.0. The molecule has 38 heteroatoms. The molecule has 0 saturated carbocycles. The van der Waals surface area contributed by atoms with Crippen LogP contribution in [0.5, 0.6) is 0 Å². The van der Waals surface area contributed by atoms with Crippen LogP contribution in [0.15, 0.2) is 0 Å². The van der Waals surface area contributed by atoms with Gasteiger partial charge >= 0.3 is 469 Å². The van der Waals surface area contributed by atoms with E-state index in [4.69, 9.17) is 116 Å². The van der Waals surface area contributed by atoms with Crippen molar-refractivity contribution in [3.63, 3.8) is 0 Å². The van der Waals surface area contributed by atoms with Crippen LogP contribution in [0.2, 0.25) is 5.76 Å². The van der Waals surface area contributed by atoms with Gasteiger partial charge in [-0.15, -0.1) is 0 Å². The molecule has 0 aliphatic carbocycles. The molecule has 0 amide bonds. The van der Waals surface area contributed by atoms with Gasteiger partial charge in [0.05, 0.1) is 13.2 Å². The number of aliphatic hydroxyl groups is 5. The molecule has 0 aliphatic rings. The van der Waals surface area contributed by atoms with Crippen LogP contribution in [0, 0.1) is 11.8 Å². The first-order valence-electron chi connectivity index (χ1n) is 27.9. The van der Waals surface area contributed by atoms with Crippen molar-refractivity contribution in [2.75, 3.05) is 239 Å². The van der Waals surface area contributed by atoms with Gasteiger partial charge in [-0.1, -0.05) is 253 Å². The zero-order valence-corrected chi connectivity index (χ0v) is 61.8. The van der Waals surface area contributed by atoms with Gasteiger partial charge in [-0.05, 0) is 0 Å². The molecule has 0 aliphatic heterocycles. The molecule has 7 unspecified atom stereocenters. The second-order valence-corrected chi connectivity index (χ2v) is 30.1. The van der Waals surface area contributed by atoms with E-state index in [1.807, 2.05) is 40.4 Å². The van der Waals surface area contributed by atoms with E-state index in [9.17, 15) is 10.2 Å². The first-order valence-corrected chi connectivity index (χ1v) is 37.7. The standard InChI is InChI=1S/C30H63Ge2O17.C20H43Ge2O11.34CH4.6H2O/c1-28(23-39-7-5-33)24-43-27-42-17-22-48-32(49-31-46-20-15-37-13-18-44-29(2)25-40-8-6-34)47-21-16-38-14-19-45-30(3)26-41-12-11-36-10-9-35-4;1-17(11-27-8-6-23)12-29-14-20(25)16-32-22(3)33-21-31-15-19(24)5-7-30-18(2)13-28-10-9-26-4;;;;;;;;;;;;;;;;;;;;;;;;;;;;;;;;;;;;;;;;/h28-30,33-34H,5-27H2,1-4H3;17-20,23-25H,5-16H2,1-4H3;34*1H4;6*1H2. The van der Waals surface area contributed by atoms with E-state index in [2.05, 4.69) is 0 Å². The Balaban J connectivity index is -0.0000000203. The van der Waals surface area contributed by atoms with E-state index < -0.39 is 74.8 Å². The summed E-state index contributed by atoms with van der Waals surface area (Å²) >= 11 is -7.29. The van der Waals surface area contributed by atoms with Crippen LogP contribution in [-0.4, -0.2) is 391 Å². The van der Waals surface area contributed by atoms with Crippen molar-refractivity contribution in [3.8, 4) is 0 Å². The number of ether oxygens (including phenoxy) is 16. The van der Waals surface area contributed by atoms with E-state index in [0.717, 1.165) is 0 Å². The van der Waals surface area contributed by atoms with Crippen molar-refractivity contribution in [2.24, 2.45) is 11.8 Å². The molecular weight excluding hydrogens is 1840 g/mol. The fourth-order valence-corrected chi connectivity index (χ4v) is 14.8. The SMILES string of the molecule is C.C.C.C.C.C.C.C.C.C.C.C.C.C.C.C.C.C.C.C.C.C.C.C.C.C.C.C.C.C.C.C.C.C.COCCOCC(C)OCCC(O)C[O][Ge][O][Ge]([CH3])[O]CC(O)COCC(C)COCCO.COCCOCCOCC(C)OCCOCC[O][Ge]([O]CCOCOCC(C)COCCO)[O][Ge][O]CCOCCOC(C)COCCO.O.O.O.O.O.O. The summed E-state index contributed by atoms with van der Waals surface area (Å²) in [6, 6.07) is 0. The predicted octanol–water partition coefficient (Wildman–Crippen LogP) is 15.9. The average molecular weight is 2100 g/mol. The first kappa shape index (κ1) is 279. The Labute approximate surface area is 797 Å². The Hall–Kier alpha value is 0.811. The molecule has 0 fully saturated rings. The van der Waals surface area contributed by atoms with E-state index in [1.165, 1.54) is 0 Å². The van der Waals surface area contributed by atoms with Crippen molar-refractivity contribution >= 4 is 62.6 Å². The molecule has 17 N–H and O–H groups in total. The second kappa shape index (κ2) is 231. The molecule has 0 bridgehead atoms. The molecule has 0 aromatic carbocycles. The summed E-state index contributed by atoms with van der Waals surface area (Å²) in [5.41, 5.74) is 0. The first-order chi connectivity index (χ1) is 39.9. The van der Waals surface area contributed by atoms with Crippen LogP contribution < -0.4 is 0 Å². The predicted molar refractivity (Wildman–Crippen MR) is 552 cm³/mol. The van der Waals surface area contributed by atoms with Crippen molar-refractivity contribution in [3.05, 3.63) is 0 Å². The fourth-order valence-electron chi connectivity index (χ4n) is 5.52. The average Bonchev–Trinajstić information content (AvgIpc) is 0.999. The smallest absolute Gasteiger partial charge is 0.412 e. The number of hydrogen-bond acceptors (Lipinski definition) is 28. The summed E-state index contributed by atoms with van der Waals surface area (Å²) in [4.78, 5) is 0. The molecule has 0 aromatic heterocycles. The van der Waals surface area contributed by atoms with E-state index in [1.54, 1.807) is 14.2 Å². The number of rotatable bonds is 67. The quantitative estimate of drug-likeness (QED) is 0.0214. The molecule has 122 heavy (non-hydrogen) atoms. The maximum absolute atomic E-state index is 9.96. The third kappa shape index (κ3) is 230. The molecule has 810 valence electrons. The Bertz CT molecular complexity index is 1250. The van der Waals surface area contributed by atoms with Crippen molar-refractivity contribution in [2.45, 2.75) is 330 Å². The zero-order chi connectivity index (χ0) is 60.6. The third-order valence-electron chi connectivity index (χ3n) is 9.61. The van der Waals surface area contributed by atoms with Gasteiger partial charge in [-0.2, -0.15) is 0 Å². The van der Waals surface area contributed by atoms with Gasteiger partial charge in [0.2, 0.25) is 0 Å². The Morgan fingerprint density at radius 1 is 0.254 bits per heavy atom. The summed E-state index contributed by atoms with van der Waals surface area (Å²) in [6.07, 6.45) is -1.05. The summed E-state index contributed by atoms with van der Waals surface area (Å²) in [5, 5.41) is 46.1. The van der Waals surface area contributed by atoms with E-state index in [0.29, 0.717) is 185 Å². The van der Waals surface area contributed by atoms with Crippen molar-refractivity contribution in [1.29, 1.82) is 0 Å².